The van der Waals surface area contributed by atoms with Crippen LogP contribution in [0.4, 0.5) is 8.78 Å². The smallest absolute Gasteiger partial charge is 0.239 e. The second-order valence-corrected chi connectivity index (χ2v) is 7.63. The highest BCUT2D eigenvalue weighted by molar-refractivity contribution is 14.0. The monoisotopic (exact) mass is 551 g/mol. The molecule has 0 radical (unpaired) electrons. The lowest BCUT2D eigenvalue weighted by molar-refractivity contribution is -0.135. The summed E-state index contributed by atoms with van der Waals surface area (Å²) in [5, 5.41) is 3.21. The molecule has 2 heterocycles. The van der Waals surface area contributed by atoms with Gasteiger partial charge >= 0.3 is 0 Å². The third-order valence-electron chi connectivity index (χ3n) is 5.69. The molecule has 2 aliphatic heterocycles. The molecule has 0 spiro atoms. The van der Waals surface area contributed by atoms with E-state index in [1.54, 1.807) is 7.05 Å². The Kier molecular flexibility index (Phi) is 10.2. The first-order valence-electron chi connectivity index (χ1n) is 10.6. The van der Waals surface area contributed by atoms with E-state index in [1.807, 2.05) is 11.8 Å². The van der Waals surface area contributed by atoms with Crippen LogP contribution in [-0.2, 0) is 4.79 Å². The first-order valence-corrected chi connectivity index (χ1v) is 10.6. The number of nitrogens with zero attached hydrogens (tertiary/aromatic N) is 4. The highest BCUT2D eigenvalue weighted by atomic mass is 127. The summed E-state index contributed by atoms with van der Waals surface area (Å²) in [7, 11) is 1.72. The molecule has 2 aliphatic rings. The Balaban J connectivity index is 0.00000341. The maximum Gasteiger partial charge on any atom is 0.239 e. The zero-order chi connectivity index (χ0) is 21.5. The van der Waals surface area contributed by atoms with Gasteiger partial charge in [-0.15, -0.1) is 24.0 Å². The van der Waals surface area contributed by atoms with Crippen molar-refractivity contribution < 1.29 is 18.3 Å². The van der Waals surface area contributed by atoms with Crippen molar-refractivity contribution in [2.75, 3.05) is 59.5 Å². The van der Waals surface area contributed by atoms with Crippen LogP contribution in [0.1, 0.15) is 19.8 Å². The van der Waals surface area contributed by atoms with Crippen molar-refractivity contribution in [3.63, 3.8) is 0 Å². The molecule has 1 aromatic rings. The van der Waals surface area contributed by atoms with Gasteiger partial charge in [0.1, 0.15) is 12.4 Å². The average Bonchev–Trinajstić information content (AvgIpc) is 3.29. The van der Waals surface area contributed by atoms with Gasteiger partial charge in [-0.05, 0) is 31.9 Å². The number of hydrogen-bond donors (Lipinski definition) is 1. The molecular formula is C21H32F2IN5O2. The maximum atomic E-state index is 13.6. The number of rotatable bonds is 6. The molecule has 0 aromatic heterocycles. The Morgan fingerprint density at radius 1 is 1.13 bits per heavy atom. The number of carbonyl (C=O) groups excluding carboxylic acids is 1. The summed E-state index contributed by atoms with van der Waals surface area (Å²) in [6, 6.07) is 3.15. The summed E-state index contributed by atoms with van der Waals surface area (Å²) < 4.78 is 31.9. The van der Waals surface area contributed by atoms with E-state index in [4.69, 9.17) is 4.74 Å². The lowest BCUT2D eigenvalue weighted by Crippen LogP contribution is -2.57. The van der Waals surface area contributed by atoms with Gasteiger partial charge in [0.15, 0.2) is 17.5 Å². The molecule has 2 saturated heterocycles. The maximum absolute atomic E-state index is 13.6. The number of amides is 1. The number of aliphatic imine (C=N–C) groups is 1. The second-order valence-electron chi connectivity index (χ2n) is 7.63. The molecule has 0 aliphatic carbocycles. The summed E-state index contributed by atoms with van der Waals surface area (Å²) in [6.07, 6.45) is 2.21. The molecule has 31 heavy (non-hydrogen) atoms. The highest BCUT2D eigenvalue weighted by Gasteiger charge is 2.30. The predicted molar refractivity (Wildman–Crippen MR) is 127 cm³/mol. The van der Waals surface area contributed by atoms with E-state index in [-0.39, 0.29) is 48.3 Å². The predicted octanol–water partition coefficient (Wildman–Crippen LogP) is 2.17. The summed E-state index contributed by atoms with van der Waals surface area (Å²) in [5.41, 5.74) is 0. The van der Waals surface area contributed by atoms with Gasteiger partial charge in [-0.1, -0.05) is 0 Å². The van der Waals surface area contributed by atoms with Crippen LogP contribution in [0.25, 0.3) is 0 Å². The quantitative estimate of drug-likeness (QED) is 0.254. The SMILES string of the molecule is CN=C(NCCOc1ccc(F)cc1F)N1CCN(C(C)C(=O)N2CCCC2)CC1.I. The normalized spacial score (nSPS) is 18.5. The summed E-state index contributed by atoms with van der Waals surface area (Å²) in [4.78, 5) is 23.3. The highest BCUT2D eigenvalue weighted by Crippen LogP contribution is 2.17. The van der Waals surface area contributed by atoms with Gasteiger partial charge in [0.25, 0.3) is 0 Å². The van der Waals surface area contributed by atoms with Crippen LogP contribution in [0.5, 0.6) is 5.75 Å². The van der Waals surface area contributed by atoms with Gasteiger partial charge in [-0.3, -0.25) is 14.7 Å². The van der Waals surface area contributed by atoms with Gasteiger partial charge in [0.05, 0.1) is 12.6 Å². The molecule has 10 heteroatoms. The Morgan fingerprint density at radius 2 is 1.81 bits per heavy atom. The number of ether oxygens (including phenoxy) is 1. The number of hydrogen-bond acceptors (Lipinski definition) is 4. The molecule has 0 bridgehead atoms. The Bertz CT molecular complexity index is 753. The summed E-state index contributed by atoms with van der Waals surface area (Å²) >= 11 is 0. The minimum absolute atomic E-state index is 0. The van der Waals surface area contributed by atoms with E-state index in [0.717, 1.165) is 64.1 Å². The second kappa shape index (κ2) is 12.4. The van der Waals surface area contributed by atoms with E-state index in [0.29, 0.717) is 6.54 Å². The third-order valence-corrected chi connectivity index (χ3v) is 5.69. The summed E-state index contributed by atoms with van der Waals surface area (Å²) in [6.45, 7) is 7.53. The number of nitrogens with one attached hydrogen (secondary N) is 1. The number of guanidine groups is 1. The molecule has 1 amide bonds. The van der Waals surface area contributed by atoms with Crippen LogP contribution in [-0.4, -0.2) is 92.1 Å². The molecule has 1 atom stereocenters. The van der Waals surface area contributed by atoms with Gasteiger partial charge in [-0.25, -0.2) is 8.78 Å². The Hall–Kier alpha value is -1.69. The molecule has 0 saturated carbocycles. The fourth-order valence-corrected chi connectivity index (χ4v) is 3.93. The number of halogens is 3. The van der Waals surface area contributed by atoms with Crippen molar-refractivity contribution in [3.8, 4) is 5.75 Å². The van der Waals surface area contributed by atoms with Crippen LogP contribution in [0.2, 0.25) is 0 Å². The van der Waals surface area contributed by atoms with Crippen LogP contribution in [0.3, 0.4) is 0 Å². The van der Waals surface area contributed by atoms with Gasteiger partial charge < -0.3 is 19.9 Å². The lowest BCUT2D eigenvalue weighted by Gasteiger charge is -2.39. The fourth-order valence-electron chi connectivity index (χ4n) is 3.93. The molecule has 7 nitrogen and oxygen atoms in total. The van der Waals surface area contributed by atoms with E-state index >= 15 is 0 Å². The van der Waals surface area contributed by atoms with Crippen molar-refractivity contribution >= 4 is 35.8 Å². The van der Waals surface area contributed by atoms with Gasteiger partial charge in [-0.2, -0.15) is 0 Å². The van der Waals surface area contributed by atoms with Crippen LogP contribution in [0, 0.1) is 11.6 Å². The minimum Gasteiger partial charge on any atom is -0.489 e. The Labute approximate surface area is 199 Å². The molecular weight excluding hydrogens is 519 g/mol. The lowest BCUT2D eigenvalue weighted by atomic mass is 10.2. The molecule has 2 fully saturated rings. The van der Waals surface area contributed by atoms with Crippen LogP contribution < -0.4 is 10.1 Å². The first-order chi connectivity index (χ1) is 14.5. The zero-order valence-electron chi connectivity index (χ0n) is 18.1. The van der Waals surface area contributed by atoms with Crippen LogP contribution in [0.15, 0.2) is 23.2 Å². The number of piperazine rings is 1. The zero-order valence-corrected chi connectivity index (χ0v) is 20.5. The van der Waals surface area contributed by atoms with Crippen molar-refractivity contribution in [2.24, 2.45) is 4.99 Å². The molecule has 1 aromatic carbocycles. The largest absolute Gasteiger partial charge is 0.489 e. The molecule has 1 N–H and O–H groups in total. The van der Waals surface area contributed by atoms with Crippen LogP contribution >= 0.6 is 24.0 Å². The fraction of sp³-hybridized carbons (Fsp3) is 0.619. The summed E-state index contributed by atoms with van der Waals surface area (Å²) in [5.74, 6) is -0.342. The van der Waals surface area contributed by atoms with E-state index in [1.165, 1.54) is 12.1 Å². The van der Waals surface area contributed by atoms with E-state index in [2.05, 4.69) is 20.1 Å². The van der Waals surface area contributed by atoms with Crippen molar-refractivity contribution in [1.29, 1.82) is 0 Å². The van der Waals surface area contributed by atoms with E-state index < -0.39 is 11.6 Å². The van der Waals surface area contributed by atoms with Gasteiger partial charge in [0.2, 0.25) is 5.91 Å². The van der Waals surface area contributed by atoms with Crippen molar-refractivity contribution in [1.82, 2.24) is 20.0 Å². The first kappa shape index (κ1) is 25.6. The molecule has 1 unspecified atom stereocenters. The average molecular weight is 551 g/mol. The van der Waals surface area contributed by atoms with Gasteiger partial charge in [0, 0.05) is 52.4 Å². The number of benzene rings is 1. The standard InChI is InChI=1S/C21H31F2N5O2.HI/c1-16(20(29)27-8-3-4-9-27)26-10-12-28(13-11-26)21(24-2)25-7-14-30-19-6-5-17(22)15-18(19)23;/h5-6,15-16H,3-4,7-14H2,1-2H3,(H,24,25);1H. The molecule has 174 valence electrons. The topological polar surface area (TPSA) is 60.4 Å². The molecule has 3 rings (SSSR count). The van der Waals surface area contributed by atoms with Crippen molar-refractivity contribution in [2.45, 2.75) is 25.8 Å². The van der Waals surface area contributed by atoms with Crippen molar-refractivity contribution in [3.05, 3.63) is 29.8 Å². The third kappa shape index (κ3) is 6.90. The minimum atomic E-state index is -0.715. The van der Waals surface area contributed by atoms with E-state index in [9.17, 15) is 13.6 Å². The number of carbonyl (C=O) groups is 1. The number of likely N-dealkylation sites (tertiary alicyclic amines) is 1. The Morgan fingerprint density at radius 3 is 2.42 bits per heavy atom.